The smallest absolute Gasteiger partial charge is 0.262 e. The number of aromatic nitrogens is 2. The fourth-order valence-electron chi connectivity index (χ4n) is 3.01. The maximum absolute atomic E-state index is 13.0. The summed E-state index contributed by atoms with van der Waals surface area (Å²) in [6, 6.07) is 14.7. The van der Waals surface area contributed by atoms with Gasteiger partial charge in [-0.3, -0.25) is 9.36 Å². The molecule has 29 heavy (non-hydrogen) atoms. The normalized spacial score (nSPS) is 12.2. The fourth-order valence-corrected chi connectivity index (χ4v) is 4.42. The zero-order chi connectivity index (χ0) is 20.4. The van der Waals surface area contributed by atoms with Crippen molar-refractivity contribution in [2.45, 2.75) is 12.6 Å². The number of thiophene rings is 1. The summed E-state index contributed by atoms with van der Waals surface area (Å²) >= 11 is 13.6. The van der Waals surface area contributed by atoms with E-state index in [1.54, 1.807) is 18.2 Å². The topological polar surface area (TPSA) is 64.4 Å². The quantitative estimate of drug-likeness (QED) is 0.458. The van der Waals surface area contributed by atoms with E-state index in [1.165, 1.54) is 22.2 Å². The predicted octanol–water partition coefficient (Wildman–Crippen LogP) is 4.87. The number of nitrogens with zero attached hydrogens (tertiary/aromatic N) is 2. The molecule has 148 valence electrons. The zero-order valence-electron chi connectivity index (χ0n) is 15.1. The van der Waals surface area contributed by atoms with Gasteiger partial charge in [0.1, 0.15) is 17.5 Å². The molecule has 0 aliphatic heterocycles. The van der Waals surface area contributed by atoms with Crippen LogP contribution in [0.4, 0.5) is 0 Å². The van der Waals surface area contributed by atoms with Crippen molar-refractivity contribution in [3.63, 3.8) is 0 Å². The van der Waals surface area contributed by atoms with E-state index < -0.39 is 6.10 Å². The lowest BCUT2D eigenvalue weighted by Crippen LogP contribution is -2.30. The minimum absolute atomic E-state index is 0.0356. The lowest BCUT2D eigenvalue weighted by Gasteiger charge is -2.15. The van der Waals surface area contributed by atoms with Gasteiger partial charge in [-0.2, -0.15) is 0 Å². The molecule has 0 bridgehead atoms. The van der Waals surface area contributed by atoms with Gasteiger partial charge in [0.25, 0.3) is 5.56 Å². The molecular weight excluding hydrogens is 431 g/mol. The number of hydrogen-bond acceptors (Lipinski definition) is 5. The van der Waals surface area contributed by atoms with Gasteiger partial charge in [0.15, 0.2) is 5.75 Å². The van der Waals surface area contributed by atoms with Gasteiger partial charge in [0.2, 0.25) is 0 Å². The molecule has 4 aromatic rings. The van der Waals surface area contributed by atoms with Crippen molar-refractivity contribution in [3.05, 3.63) is 80.6 Å². The Bertz CT molecular complexity index is 1190. The van der Waals surface area contributed by atoms with Gasteiger partial charge in [-0.05, 0) is 17.7 Å². The van der Waals surface area contributed by atoms with E-state index in [1.807, 2.05) is 35.7 Å². The van der Waals surface area contributed by atoms with Crippen LogP contribution < -0.4 is 10.3 Å². The monoisotopic (exact) mass is 446 g/mol. The van der Waals surface area contributed by atoms with Crippen molar-refractivity contribution in [2.24, 2.45) is 0 Å². The molecule has 0 spiro atoms. The lowest BCUT2D eigenvalue weighted by molar-refractivity contribution is 0.0916. The average molecular weight is 447 g/mol. The first-order valence-electron chi connectivity index (χ1n) is 8.81. The van der Waals surface area contributed by atoms with Gasteiger partial charge >= 0.3 is 0 Å². The van der Waals surface area contributed by atoms with Crippen LogP contribution >= 0.6 is 34.5 Å². The molecule has 0 aliphatic rings. The molecule has 0 fully saturated rings. The molecule has 2 heterocycles. The van der Waals surface area contributed by atoms with Crippen LogP contribution in [0.3, 0.4) is 0 Å². The van der Waals surface area contributed by atoms with Crippen molar-refractivity contribution in [1.29, 1.82) is 0 Å². The van der Waals surface area contributed by atoms with Crippen LogP contribution in [0.15, 0.2) is 65.0 Å². The van der Waals surface area contributed by atoms with Crippen molar-refractivity contribution in [3.8, 4) is 16.9 Å². The summed E-state index contributed by atoms with van der Waals surface area (Å²) in [5.74, 6) is 0.306. The van der Waals surface area contributed by atoms with Crippen LogP contribution in [0.25, 0.3) is 21.3 Å². The Labute approximate surface area is 180 Å². The van der Waals surface area contributed by atoms with Crippen LogP contribution in [0.2, 0.25) is 10.0 Å². The number of aliphatic hydroxyl groups is 1. The first kappa shape index (κ1) is 19.9. The number of halogens is 2. The van der Waals surface area contributed by atoms with Gasteiger partial charge in [0, 0.05) is 10.9 Å². The van der Waals surface area contributed by atoms with Gasteiger partial charge < -0.3 is 9.84 Å². The minimum atomic E-state index is -0.946. The molecule has 0 saturated carbocycles. The van der Waals surface area contributed by atoms with Crippen molar-refractivity contribution < 1.29 is 9.84 Å². The highest BCUT2D eigenvalue weighted by Crippen LogP contribution is 2.32. The maximum atomic E-state index is 13.0. The molecule has 2 aromatic carbocycles. The van der Waals surface area contributed by atoms with E-state index in [4.69, 9.17) is 27.9 Å². The summed E-state index contributed by atoms with van der Waals surface area (Å²) in [5.41, 5.74) is 1.59. The molecule has 2 aromatic heterocycles. The Kier molecular flexibility index (Phi) is 5.87. The number of benzene rings is 2. The van der Waals surface area contributed by atoms with Crippen molar-refractivity contribution in [2.75, 3.05) is 6.61 Å². The van der Waals surface area contributed by atoms with E-state index in [2.05, 4.69) is 4.98 Å². The highest BCUT2D eigenvalue weighted by atomic mass is 35.5. The van der Waals surface area contributed by atoms with E-state index in [9.17, 15) is 9.90 Å². The molecule has 1 atom stereocenters. The summed E-state index contributed by atoms with van der Waals surface area (Å²) < 4.78 is 6.95. The third kappa shape index (κ3) is 4.16. The predicted molar refractivity (Wildman–Crippen MR) is 117 cm³/mol. The summed E-state index contributed by atoms with van der Waals surface area (Å²) in [6.07, 6.45) is 0.500. The Morgan fingerprint density at radius 1 is 1.10 bits per heavy atom. The number of ether oxygens (including phenoxy) is 1. The van der Waals surface area contributed by atoms with Crippen molar-refractivity contribution >= 4 is 44.8 Å². The summed E-state index contributed by atoms with van der Waals surface area (Å²) in [6.45, 7) is -0.0307. The Morgan fingerprint density at radius 2 is 1.83 bits per heavy atom. The maximum Gasteiger partial charge on any atom is 0.262 e. The highest BCUT2D eigenvalue weighted by Gasteiger charge is 2.16. The molecule has 0 unspecified atom stereocenters. The fraction of sp³-hybridized carbons (Fsp3) is 0.143. The molecule has 0 amide bonds. The number of rotatable bonds is 6. The van der Waals surface area contributed by atoms with Crippen LogP contribution in [-0.2, 0) is 6.54 Å². The molecule has 8 heteroatoms. The Morgan fingerprint density at radius 3 is 2.55 bits per heavy atom. The first-order valence-corrected chi connectivity index (χ1v) is 10.4. The van der Waals surface area contributed by atoms with Gasteiger partial charge in [-0.25, -0.2) is 4.98 Å². The van der Waals surface area contributed by atoms with E-state index in [0.717, 1.165) is 11.1 Å². The first-order chi connectivity index (χ1) is 14.0. The summed E-state index contributed by atoms with van der Waals surface area (Å²) in [5, 5.41) is 13.6. The molecule has 5 nitrogen and oxygen atoms in total. The molecule has 0 radical (unpaired) electrons. The largest absolute Gasteiger partial charge is 0.488 e. The van der Waals surface area contributed by atoms with E-state index >= 15 is 0 Å². The van der Waals surface area contributed by atoms with Crippen LogP contribution in [0.1, 0.15) is 0 Å². The van der Waals surface area contributed by atoms with Crippen LogP contribution in [-0.4, -0.2) is 27.4 Å². The average Bonchev–Trinajstić information content (AvgIpc) is 3.15. The van der Waals surface area contributed by atoms with Gasteiger partial charge in [-0.15, -0.1) is 11.3 Å². The second-order valence-electron chi connectivity index (χ2n) is 6.41. The zero-order valence-corrected chi connectivity index (χ0v) is 17.4. The van der Waals surface area contributed by atoms with Crippen molar-refractivity contribution in [1.82, 2.24) is 9.55 Å². The third-order valence-electron chi connectivity index (χ3n) is 4.39. The number of aliphatic hydroxyl groups excluding tert-OH is 1. The number of hydrogen-bond donors (Lipinski definition) is 1. The molecular formula is C21H16Cl2N2O3S. The van der Waals surface area contributed by atoms with E-state index in [-0.39, 0.29) is 18.7 Å². The molecule has 0 aliphatic carbocycles. The number of para-hydroxylation sites is 1. The second kappa shape index (κ2) is 8.55. The van der Waals surface area contributed by atoms with Crippen LogP contribution in [0, 0.1) is 0 Å². The Balaban J connectivity index is 1.57. The molecule has 0 saturated heterocycles. The lowest BCUT2D eigenvalue weighted by atomic mass is 10.1. The Hall–Kier alpha value is -2.38. The second-order valence-corrected chi connectivity index (χ2v) is 8.09. The number of fused-ring (bicyclic) bond motifs is 1. The standard InChI is InChI=1S/C21H16Cl2N2O3S/c22-16-7-4-8-17(23)19(16)28-10-14(26)9-25-12-24-20-18(21(25)27)15(11-29-20)13-5-2-1-3-6-13/h1-8,11-12,14,26H,9-10H2/t14-/m1/s1. The molecule has 4 rings (SSSR count). The third-order valence-corrected chi connectivity index (χ3v) is 5.87. The van der Waals surface area contributed by atoms with Gasteiger partial charge in [-0.1, -0.05) is 59.6 Å². The summed E-state index contributed by atoms with van der Waals surface area (Å²) in [7, 11) is 0. The SMILES string of the molecule is O=c1c2c(-c3ccccc3)csc2ncn1C[C@@H](O)COc1c(Cl)cccc1Cl. The van der Waals surface area contributed by atoms with Gasteiger partial charge in [0.05, 0.1) is 28.3 Å². The molecule has 1 N–H and O–H groups in total. The highest BCUT2D eigenvalue weighted by molar-refractivity contribution is 7.17. The van der Waals surface area contributed by atoms with Crippen LogP contribution in [0.5, 0.6) is 5.75 Å². The van der Waals surface area contributed by atoms with E-state index in [0.29, 0.717) is 26.0 Å². The minimum Gasteiger partial charge on any atom is -0.488 e. The summed E-state index contributed by atoms with van der Waals surface area (Å²) in [4.78, 5) is 18.1.